The van der Waals surface area contributed by atoms with Crippen LogP contribution >= 0.6 is 11.3 Å². The number of benzene rings is 5. The molecule has 1 aromatic heterocycles. The van der Waals surface area contributed by atoms with Crippen molar-refractivity contribution in [2.45, 2.75) is 187 Å². The fourth-order valence-corrected chi connectivity index (χ4v) is 14.5. The van der Waals surface area contributed by atoms with Gasteiger partial charge in [-0.1, -0.05) is 134 Å². The molecule has 3 aliphatic carbocycles. The molecule has 6 aromatic rings. The SMILES string of the molecule is Cc1cc(C(C)(C)C)ccc1N1c2cc3c(cc2B2c4sc5cc6c(cc5c4N(c4ccc5c(c4)C(C)(C)CCC5(C)C)c4cccc1c42)C(C)(C)CCC6(C)C)C(C)(C)CCC3(C)C. The van der Waals surface area contributed by atoms with Crippen molar-refractivity contribution in [3.63, 3.8) is 0 Å². The third-order valence-corrected chi connectivity index (χ3v) is 19.1. The van der Waals surface area contributed by atoms with Gasteiger partial charge in [0, 0.05) is 43.3 Å². The first-order valence-electron chi connectivity index (χ1n) is 25.0. The molecule has 0 saturated carbocycles. The maximum atomic E-state index is 2.74. The van der Waals surface area contributed by atoms with Crippen LogP contribution in [0.1, 0.15) is 187 Å². The van der Waals surface area contributed by atoms with Crippen LogP contribution in [0.15, 0.2) is 78.9 Å². The molecule has 2 nitrogen and oxygen atoms in total. The van der Waals surface area contributed by atoms with E-state index >= 15 is 0 Å². The van der Waals surface area contributed by atoms with Crippen LogP contribution in [0, 0.1) is 6.92 Å². The maximum absolute atomic E-state index is 2.74. The molecule has 0 radical (unpaired) electrons. The second kappa shape index (κ2) is 13.5. The van der Waals surface area contributed by atoms with Gasteiger partial charge in [0.15, 0.2) is 0 Å². The molecule has 3 heterocycles. The van der Waals surface area contributed by atoms with Gasteiger partial charge in [-0.05, 0) is 187 Å². The number of fused-ring (bicyclic) bond motifs is 9. The molecule has 0 N–H and O–H groups in total. The van der Waals surface area contributed by atoms with Crippen molar-refractivity contribution < 1.29 is 0 Å². The van der Waals surface area contributed by atoms with Gasteiger partial charge in [0.25, 0.3) is 6.71 Å². The summed E-state index contributed by atoms with van der Waals surface area (Å²) in [5, 5.41) is 1.42. The van der Waals surface area contributed by atoms with E-state index in [0.29, 0.717) is 0 Å². The van der Waals surface area contributed by atoms with E-state index < -0.39 is 0 Å². The molecule has 0 saturated heterocycles. The van der Waals surface area contributed by atoms with Gasteiger partial charge in [0.05, 0.1) is 5.69 Å². The van der Waals surface area contributed by atoms with Gasteiger partial charge in [0.1, 0.15) is 0 Å². The van der Waals surface area contributed by atoms with E-state index in [4.69, 9.17) is 0 Å². The van der Waals surface area contributed by atoms with Crippen LogP contribution in [0.5, 0.6) is 0 Å². The van der Waals surface area contributed by atoms with Crippen molar-refractivity contribution in [1.29, 1.82) is 0 Å². The first kappa shape index (κ1) is 43.3. The van der Waals surface area contributed by atoms with Crippen LogP contribution in [-0.4, -0.2) is 6.71 Å². The minimum absolute atomic E-state index is 0.0646. The summed E-state index contributed by atoms with van der Waals surface area (Å²) < 4.78 is 2.92. The van der Waals surface area contributed by atoms with Gasteiger partial charge in [-0.3, -0.25) is 0 Å². The zero-order valence-corrected chi connectivity index (χ0v) is 43.4. The Labute approximate surface area is 396 Å². The van der Waals surface area contributed by atoms with E-state index in [9.17, 15) is 0 Å². The Morgan fingerprint density at radius 1 is 0.492 bits per heavy atom. The van der Waals surface area contributed by atoms with Gasteiger partial charge >= 0.3 is 0 Å². The van der Waals surface area contributed by atoms with Crippen LogP contribution in [0.3, 0.4) is 0 Å². The molecule has 0 fully saturated rings. The third-order valence-electron chi connectivity index (χ3n) is 17.9. The van der Waals surface area contributed by atoms with Gasteiger partial charge in [-0.15, -0.1) is 11.3 Å². The molecule has 2 aliphatic heterocycles. The maximum Gasteiger partial charge on any atom is 0.264 e. The average molecular weight is 877 g/mol. The Bertz CT molecular complexity index is 3020. The summed E-state index contributed by atoms with van der Waals surface area (Å²) in [6, 6.07) is 32.8. The minimum atomic E-state index is 0.0646. The summed E-state index contributed by atoms with van der Waals surface area (Å²) in [5.74, 6) is 0. The number of anilines is 6. The second-order valence-electron chi connectivity index (χ2n) is 26.3. The molecule has 0 spiro atoms. The molecule has 0 unspecified atom stereocenters. The van der Waals surface area contributed by atoms with E-state index in [1.165, 1.54) is 137 Å². The van der Waals surface area contributed by atoms with Gasteiger partial charge in [0.2, 0.25) is 0 Å². The lowest BCUT2D eigenvalue weighted by Crippen LogP contribution is -2.61. The Hall–Kier alpha value is -4.28. The Kier molecular flexibility index (Phi) is 8.96. The van der Waals surface area contributed by atoms with Crippen molar-refractivity contribution in [2.75, 3.05) is 9.80 Å². The number of rotatable bonds is 2. The van der Waals surface area contributed by atoms with E-state index in [1.54, 1.807) is 5.56 Å². The quantitative estimate of drug-likeness (QED) is 0.160. The lowest BCUT2D eigenvalue weighted by atomic mass is 9.35. The number of nitrogens with zero attached hydrogens (tertiary/aromatic N) is 2. The largest absolute Gasteiger partial charge is 0.311 e. The highest BCUT2D eigenvalue weighted by atomic mass is 32.1. The summed E-state index contributed by atoms with van der Waals surface area (Å²) in [6.45, 7) is 39.3. The molecule has 0 atom stereocenters. The first-order chi connectivity index (χ1) is 30.2. The zero-order valence-electron chi connectivity index (χ0n) is 42.6. The molecular formula is C61H73BN2S. The minimum Gasteiger partial charge on any atom is -0.311 e. The molecule has 65 heavy (non-hydrogen) atoms. The number of hydrogen-bond donors (Lipinski definition) is 0. The van der Waals surface area contributed by atoms with Gasteiger partial charge in [-0.25, -0.2) is 0 Å². The lowest BCUT2D eigenvalue weighted by molar-refractivity contribution is 0.332. The predicted octanol–water partition coefficient (Wildman–Crippen LogP) is 15.6. The van der Waals surface area contributed by atoms with Crippen LogP contribution < -0.4 is 25.5 Å². The number of thiophene rings is 1. The topological polar surface area (TPSA) is 6.48 Å². The molecular weight excluding hydrogens is 804 g/mol. The summed E-state index contributed by atoms with van der Waals surface area (Å²) in [5.41, 5.74) is 23.4. The van der Waals surface area contributed by atoms with Gasteiger partial charge in [-0.2, -0.15) is 0 Å². The molecule has 5 aromatic carbocycles. The smallest absolute Gasteiger partial charge is 0.264 e. The fraction of sp³-hybridized carbons (Fsp3) is 0.475. The van der Waals surface area contributed by atoms with Crippen molar-refractivity contribution in [2.24, 2.45) is 0 Å². The van der Waals surface area contributed by atoms with Crippen molar-refractivity contribution >= 4 is 78.0 Å². The van der Waals surface area contributed by atoms with E-state index in [2.05, 4.69) is 211 Å². The lowest BCUT2D eigenvalue weighted by Gasteiger charge is -2.47. The normalized spacial score (nSPS) is 21.2. The summed E-state index contributed by atoms with van der Waals surface area (Å²) in [4.78, 5) is 5.42. The second-order valence-corrected chi connectivity index (χ2v) is 27.3. The highest BCUT2D eigenvalue weighted by Crippen LogP contribution is 2.55. The zero-order chi connectivity index (χ0) is 46.3. The standard InChI is InChI=1S/C61H73BN2S/c1-36-30-37(55(2,3)4)20-23-47(36)64-49-19-17-18-48-52(49)62(46-33-43-44(34-50(46)64)60(13,14)28-27-59(43,11)12)54-53(39-32-42-45(35-51(39)65-54)61(15,16)29-26-58(42,9)10)63(48)38-21-22-40-41(31-38)57(7,8)25-24-56(40,5)6/h17-23,30-35H,24-29H2,1-16H3. The highest BCUT2D eigenvalue weighted by molar-refractivity contribution is 7.33. The molecule has 0 amide bonds. The highest BCUT2D eigenvalue weighted by Gasteiger charge is 2.49. The van der Waals surface area contributed by atoms with Gasteiger partial charge < -0.3 is 9.80 Å². The number of hydrogen-bond acceptors (Lipinski definition) is 3. The summed E-state index contributed by atoms with van der Waals surface area (Å²) >= 11 is 2.08. The van der Waals surface area contributed by atoms with Crippen molar-refractivity contribution in [1.82, 2.24) is 0 Å². The van der Waals surface area contributed by atoms with Crippen molar-refractivity contribution in [3.8, 4) is 0 Å². The first-order valence-corrected chi connectivity index (χ1v) is 25.8. The molecule has 0 bridgehead atoms. The average Bonchev–Trinajstić information content (AvgIpc) is 3.60. The van der Waals surface area contributed by atoms with E-state index in [0.717, 1.165) is 0 Å². The van der Waals surface area contributed by atoms with Crippen LogP contribution in [0.4, 0.5) is 34.1 Å². The Balaban J connectivity index is 1.27. The van der Waals surface area contributed by atoms with Crippen LogP contribution in [-0.2, 0) is 37.9 Å². The molecule has 336 valence electrons. The molecule has 4 heteroatoms. The Morgan fingerprint density at radius 2 is 1.00 bits per heavy atom. The Morgan fingerprint density at radius 3 is 1.57 bits per heavy atom. The van der Waals surface area contributed by atoms with Crippen LogP contribution in [0.2, 0.25) is 0 Å². The van der Waals surface area contributed by atoms with E-state index in [-0.39, 0.29) is 44.6 Å². The summed E-state index contributed by atoms with van der Waals surface area (Å²) in [6.07, 6.45) is 7.21. The summed E-state index contributed by atoms with van der Waals surface area (Å²) in [7, 11) is 0. The van der Waals surface area contributed by atoms with Crippen LogP contribution in [0.25, 0.3) is 10.1 Å². The molecule has 5 aliphatic rings. The molecule has 11 rings (SSSR count). The third kappa shape index (κ3) is 6.23. The number of aryl methyl sites for hydroxylation is 1. The predicted molar refractivity (Wildman–Crippen MR) is 285 cm³/mol. The monoisotopic (exact) mass is 877 g/mol. The van der Waals surface area contributed by atoms with Crippen molar-refractivity contribution in [3.05, 3.63) is 123 Å². The fourth-order valence-electron chi connectivity index (χ4n) is 13.2. The van der Waals surface area contributed by atoms with E-state index in [1.807, 2.05) is 0 Å².